The van der Waals surface area contributed by atoms with Gasteiger partial charge in [0, 0.05) is 23.5 Å². The maximum absolute atomic E-state index is 9.38. The molecule has 4 nitrogen and oxygen atoms in total. The fraction of sp³-hybridized carbons (Fsp3) is 0.500. The van der Waals surface area contributed by atoms with Crippen molar-refractivity contribution >= 4 is 11.3 Å². The van der Waals surface area contributed by atoms with Gasteiger partial charge in [0.1, 0.15) is 5.76 Å². The summed E-state index contributed by atoms with van der Waals surface area (Å²) in [5.41, 5.74) is 0. The summed E-state index contributed by atoms with van der Waals surface area (Å²) in [7, 11) is 0. The summed E-state index contributed by atoms with van der Waals surface area (Å²) < 4.78 is 5.31. The molecule has 0 aliphatic heterocycles. The van der Waals surface area contributed by atoms with Gasteiger partial charge in [-0.1, -0.05) is 6.42 Å². The minimum Gasteiger partial charge on any atom is -0.468 e. The second-order valence-corrected chi connectivity index (χ2v) is 6.07. The van der Waals surface area contributed by atoms with Crippen LogP contribution in [0.1, 0.15) is 46.9 Å². The molecule has 1 saturated carbocycles. The largest absolute Gasteiger partial charge is 0.468 e. The van der Waals surface area contributed by atoms with Crippen molar-refractivity contribution in [2.45, 2.75) is 37.8 Å². The van der Waals surface area contributed by atoms with Crippen LogP contribution >= 0.6 is 11.3 Å². The molecule has 1 atom stereocenters. The van der Waals surface area contributed by atoms with Crippen LogP contribution in [-0.4, -0.2) is 16.7 Å². The van der Waals surface area contributed by atoms with Gasteiger partial charge in [-0.25, -0.2) is 4.98 Å². The zero-order chi connectivity index (χ0) is 13.1. The van der Waals surface area contributed by atoms with Gasteiger partial charge in [-0.05, 0) is 25.0 Å². The maximum atomic E-state index is 9.38. The lowest BCUT2D eigenvalue weighted by Crippen LogP contribution is -2.23. The predicted octanol–water partition coefficient (Wildman–Crippen LogP) is 2.83. The first-order valence-electron chi connectivity index (χ1n) is 6.69. The number of furan rings is 1. The number of nitrogens with zero attached hydrogens (tertiary/aromatic N) is 1. The molecule has 2 heterocycles. The molecule has 5 heteroatoms. The highest BCUT2D eigenvalue weighted by molar-refractivity contribution is 7.11. The van der Waals surface area contributed by atoms with Crippen molar-refractivity contribution in [3.63, 3.8) is 0 Å². The van der Waals surface area contributed by atoms with Crippen LogP contribution in [0.4, 0.5) is 0 Å². The molecule has 2 aromatic rings. The normalized spacial score (nSPS) is 17.3. The summed E-state index contributed by atoms with van der Waals surface area (Å²) in [5, 5.41) is 14.0. The summed E-state index contributed by atoms with van der Waals surface area (Å²) in [6.45, 7) is 0.748. The van der Waals surface area contributed by atoms with Crippen LogP contribution in [0, 0.1) is 0 Å². The molecule has 0 spiro atoms. The first-order valence-corrected chi connectivity index (χ1v) is 7.50. The van der Waals surface area contributed by atoms with Crippen molar-refractivity contribution in [2.24, 2.45) is 0 Å². The first-order chi connectivity index (χ1) is 9.36. The average molecular weight is 278 g/mol. The van der Waals surface area contributed by atoms with Crippen molar-refractivity contribution < 1.29 is 9.52 Å². The molecule has 0 aromatic carbocycles. The standard InChI is InChI=1S/C14H18N2O2S/c17-9-12(13-5-2-6-18-13)15-7-11-8-16-14(19-11)10-3-1-4-10/h2,5-6,8,10,12,15,17H,1,3-4,7,9H2. The highest BCUT2D eigenvalue weighted by Gasteiger charge is 2.22. The summed E-state index contributed by atoms with van der Waals surface area (Å²) in [5.74, 6) is 1.46. The molecule has 0 amide bonds. The molecule has 1 fully saturated rings. The predicted molar refractivity (Wildman–Crippen MR) is 74.1 cm³/mol. The van der Waals surface area contributed by atoms with E-state index in [1.807, 2.05) is 18.3 Å². The number of aromatic nitrogens is 1. The number of aliphatic hydroxyl groups is 1. The number of rotatable bonds is 6. The second kappa shape index (κ2) is 5.86. The molecule has 2 N–H and O–H groups in total. The molecule has 0 saturated heterocycles. The Hall–Kier alpha value is -1.17. The van der Waals surface area contributed by atoms with Crippen LogP contribution < -0.4 is 5.32 Å². The molecule has 19 heavy (non-hydrogen) atoms. The SMILES string of the molecule is OCC(NCc1cnc(C2CCC2)s1)c1ccco1. The van der Waals surface area contributed by atoms with Gasteiger partial charge in [0.15, 0.2) is 0 Å². The van der Waals surface area contributed by atoms with Crippen LogP contribution in [-0.2, 0) is 6.54 Å². The lowest BCUT2D eigenvalue weighted by atomic mass is 9.86. The Labute approximate surface area is 116 Å². The van der Waals surface area contributed by atoms with Gasteiger partial charge in [-0.2, -0.15) is 0 Å². The van der Waals surface area contributed by atoms with Crippen LogP contribution in [0.15, 0.2) is 29.0 Å². The third-order valence-electron chi connectivity index (χ3n) is 3.62. The Morgan fingerprint density at radius 3 is 3.05 bits per heavy atom. The van der Waals surface area contributed by atoms with E-state index in [-0.39, 0.29) is 12.6 Å². The number of hydrogen-bond donors (Lipinski definition) is 2. The maximum Gasteiger partial charge on any atom is 0.123 e. The van der Waals surface area contributed by atoms with Gasteiger partial charge in [-0.15, -0.1) is 11.3 Å². The van der Waals surface area contributed by atoms with Crippen molar-refractivity contribution in [3.05, 3.63) is 40.2 Å². The summed E-state index contributed by atoms with van der Waals surface area (Å²) in [6, 6.07) is 3.56. The molecule has 0 bridgehead atoms. The van der Waals surface area contributed by atoms with E-state index >= 15 is 0 Å². The lowest BCUT2D eigenvalue weighted by molar-refractivity contribution is 0.226. The van der Waals surface area contributed by atoms with E-state index in [4.69, 9.17) is 4.42 Å². The van der Waals surface area contributed by atoms with E-state index in [1.165, 1.54) is 29.1 Å². The smallest absolute Gasteiger partial charge is 0.123 e. The third-order valence-corrected chi connectivity index (χ3v) is 4.78. The summed E-state index contributed by atoms with van der Waals surface area (Å²) >= 11 is 1.78. The molecular weight excluding hydrogens is 260 g/mol. The van der Waals surface area contributed by atoms with E-state index in [9.17, 15) is 5.11 Å². The van der Waals surface area contributed by atoms with Gasteiger partial charge < -0.3 is 14.8 Å². The van der Waals surface area contributed by atoms with E-state index in [1.54, 1.807) is 17.6 Å². The van der Waals surface area contributed by atoms with Crippen molar-refractivity contribution in [3.8, 4) is 0 Å². The van der Waals surface area contributed by atoms with Gasteiger partial charge >= 0.3 is 0 Å². The molecule has 3 rings (SSSR count). The Morgan fingerprint density at radius 2 is 2.42 bits per heavy atom. The highest BCUT2D eigenvalue weighted by Crippen LogP contribution is 2.38. The van der Waals surface area contributed by atoms with Crippen molar-refractivity contribution in [1.82, 2.24) is 10.3 Å². The monoisotopic (exact) mass is 278 g/mol. The molecule has 1 aliphatic carbocycles. The topological polar surface area (TPSA) is 58.3 Å². The molecule has 1 unspecified atom stereocenters. The van der Waals surface area contributed by atoms with Gasteiger partial charge in [0.25, 0.3) is 0 Å². The highest BCUT2D eigenvalue weighted by atomic mass is 32.1. The average Bonchev–Trinajstić information content (AvgIpc) is 2.99. The minimum absolute atomic E-state index is 0.0296. The van der Waals surface area contributed by atoms with Gasteiger partial charge in [0.2, 0.25) is 0 Å². The molecular formula is C14H18N2O2S. The molecule has 102 valence electrons. The van der Waals surface area contributed by atoms with E-state index in [0.29, 0.717) is 5.92 Å². The molecule has 0 radical (unpaired) electrons. The Bertz CT molecular complexity index is 505. The van der Waals surface area contributed by atoms with Crippen LogP contribution in [0.5, 0.6) is 0 Å². The zero-order valence-electron chi connectivity index (χ0n) is 10.7. The zero-order valence-corrected chi connectivity index (χ0v) is 11.5. The van der Waals surface area contributed by atoms with E-state index in [0.717, 1.165) is 12.3 Å². The number of hydrogen-bond acceptors (Lipinski definition) is 5. The lowest BCUT2D eigenvalue weighted by Gasteiger charge is -2.22. The number of nitrogens with one attached hydrogen (secondary N) is 1. The van der Waals surface area contributed by atoms with E-state index < -0.39 is 0 Å². The Balaban J connectivity index is 1.57. The summed E-state index contributed by atoms with van der Waals surface area (Å²) in [4.78, 5) is 5.71. The van der Waals surface area contributed by atoms with Gasteiger partial charge in [-0.3, -0.25) is 0 Å². The quantitative estimate of drug-likeness (QED) is 0.853. The number of aliphatic hydroxyl groups excluding tert-OH is 1. The molecule has 1 aliphatic rings. The number of thiazole rings is 1. The van der Waals surface area contributed by atoms with Crippen LogP contribution in [0.25, 0.3) is 0 Å². The van der Waals surface area contributed by atoms with Crippen molar-refractivity contribution in [2.75, 3.05) is 6.61 Å². The third kappa shape index (κ3) is 2.88. The molecule has 2 aromatic heterocycles. The summed E-state index contributed by atoms with van der Waals surface area (Å²) in [6.07, 6.45) is 7.48. The minimum atomic E-state index is -0.149. The van der Waals surface area contributed by atoms with E-state index in [2.05, 4.69) is 10.3 Å². The van der Waals surface area contributed by atoms with Crippen LogP contribution in [0.2, 0.25) is 0 Å². The van der Waals surface area contributed by atoms with Crippen molar-refractivity contribution in [1.29, 1.82) is 0 Å². The Morgan fingerprint density at radius 1 is 1.53 bits per heavy atom. The Kier molecular flexibility index (Phi) is 3.96. The second-order valence-electron chi connectivity index (χ2n) is 4.92. The van der Waals surface area contributed by atoms with Gasteiger partial charge in [0.05, 0.1) is 23.9 Å². The van der Waals surface area contributed by atoms with Crippen LogP contribution in [0.3, 0.4) is 0 Å². The fourth-order valence-corrected chi connectivity index (χ4v) is 3.25. The fourth-order valence-electron chi connectivity index (χ4n) is 2.22. The first kappa shape index (κ1) is 12.8.